The fourth-order valence-corrected chi connectivity index (χ4v) is 1.70. The second-order valence-corrected chi connectivity index (χ2v) is 4.24. The minimum Gasteiger partial charge on any atom is -0.382 e. The van der Waals surface area contributed by atoms with Gasteiger partial charge < -0.3 is 11.1 Å². The number of carbonyl (C=O) groups is 1. The number of amides is 1. The molecule has 2 aromatic heterocycles. The van der Waals surface area contributed by atoms with Crippen molar-refractivity contribution in [3.63, 3.8) is 0 Å². The molecule has 17 heavy (non-hydrogen) atoms. The maximum absolute atomic E-state index is 11.8. The van der Waals surface area contributed by atoms with E-state index < -0.39 is 0 Å². The second-order valence-electron chi connectivity index (χ2n) is 3.43. The van der Waals surface area contributed by atoms with Crippen LogP contribution in [0, 0.1) is 6.92 Å². The standard InChI is InChI=1S/C10H10BrN5O/c1-5-6(2-3-8(11)13-5)14-10(17)7-4-9(12)16-15-7/h2-4H,1H3,(H,14,17)(H3,12,15,16). The van der Waals surface area contributed by atoms with Gasteiger partial charge in [0, 0.05) is 6.07 Å². The maximum Gasteiger partial charge on any atom is 0.273 e. The van der Waals surface area contributed by atoms with E-state index in [4.69, 9.17) is 5.73 Å². The number of carbonyl (C=O) groups excluding carboxylic acids is 1. The van der Waals surface area contributed by atoms with Gasteiger partial charge in [0.1, 0.15) is 16.1 Å². The molecule has 2 heterocycles. The third kappa shape index (κ3) is 2.62. The topological polar surface area (TPSA) is 96.7 Å². The summed E-state index contributed by atoms with van der Waals surface area (Å²) in [5.41, 5.74) is 7.10. The van der Waals surface area contributed by atoms with Crippen molar-refractivity contribution in [2.75, 3.05) is 11.1 Å². The number of H-pyrrole nitrogens is 1. The van der Waals surface area contributed by atoms with Crippen LogP contribution in [-0.4, -0.2) is 21.1 Å². The lowest BCUT2D eigenvalue weighted by Gasteiger charge is -2.06. The molecule has 0 aromatic carbocycles. The molecular weight excluding hydrogens is 286 g/mol. The highest BCUT2D eigenvalue weighted by molar-refractivity contribution is 9.10. The molecule has 2 aromatic rings. The third-order valence-electron chi connectivity index (χ3n) is 2.14. The van der Waals surface area contributed by atoms with Gasteiger partial charge in [-0.3, -0.25) is 9.89 Å². The molecule has 0 spiro atoms. The molecule has 0 aliphatic heterocycles. The number of nitrogens with one attached hydrogen (secondary N) is 2. The average molecular weight is 296 g/mol. The number of anilines is 2. The van der Waals surface area contributed by atoms with Crippen molar-refractivity contribution in [3.05, 3.63) is 34.2 Å². The number of pyridine rings is 1. The molecule has 0 aliphatic carbocycles. The van der Waals surface area contributed by atoms with Gasteiger partial charge in [-0.25, -0.2) is 4.98 Å². The number of halogens is 1. The van der Waals surface area contributed by atoms with E-state index in [1.54, 1.807) is 12.1 Å². The Morgan fingerprint density at radius 2 is 2.29 bits per heavy atom. The molecule has 4 N–H and O–H groups in total. The predicted molar refractivity (Wildman–Crippen MR) is 67.6 cm³/mol. The molecule has 7 heteroatoms. The van der Waals surface area contributed by atoms with E-state index in [-0.39, 0.29) is 11.7 Å². The molecule has 0 bridgehead atoms. The summed E-state index contributed by atoms with van der Waals surface area (Å²) in [6.07, 6.45) is 0. The summed E-state index contributed by atoms with van der Waals surface area (Å²) < 4.78 is 0.721. The van der Waals surface area contributed by atoms with E-state index in [1.807, 2.05) is 6.92 Å². The Morgan fingerprint density at radius 1 is 1.53 bits per heavy atom. The number of nitrogens with two attached hydrogens (primary N) is 1. The summed E-state index contributed by atoms with van der Waals surface area (Å²) in [6, 6.07) is 4.99. The first-order chi connectivity index (χ1) is 8.06. The molecule has 0 radical (unpaired) electrons. The Balaban J connectivity index is 2.18. The highest BCUT2D eigenvalue weighted by Gasteiger charge is 2.10. The summed E-state index contributed by atoms with van der Waals surface area (Å²) in [4.78, 5) is 16.0. The first-order valence-electron chi connectivity index (χ1n) is 4.81. The molecule has 88 valence electrons. The molecule has 0 aliphatic rings. The van der Waals surface area contributed by atoms with Gasteiger partial charge in [0.25, 0.3) is 5.91 Å². The largest absolute Gasteiger partial charge is 0.382 e. The number of nitrogen functional groups attached to an aromatic ring is 1. The first-order valence-corrected chi connectivity index (χ1v) is 5.61. The highest BCUT2D eigenvalue weighted by Crippen LogP contribution is 2.16. The number of nitrogens with zero attached hydrogens (tertiary/aromatic N) is 2. The van der Waals surface area contributed by atoms with E-state index in [0.717, 1.165) is 10.3 Å². The zero-order valence-electron chi connectivity index (χ0n) is 8.99. The minimum atomic E-state index is -0.304. The van der Waals surface area contributed by atoms with Gasteiger partial charge in [-0.05, 0) is 35.0 Å². The van der Waals surface area contributed by atoms with E-state index >= 15 is 0 Å². The Morgan fingerprint density at radius 3 is 2.88 bits per heavy atom. The lowest BCUT2D eigenvalue weighted by molar-refractivity contribution is 0.102. The van der Waals surface area contributed by atoms with Crippen LogP contribution in [-0.2, 0) is 0 Å². The lowest BCUT2D eigenvalue weighted by atomic mass is 10.3. The predicted octanol–water partition coefficient (Wildman–Crippen LogP) is 1.71. The van der Waals surface area contributed by atoms with Gasteiger partial charge in [-0.15, -0.1) is 0 Å². The van der Waals surface area contributed by atoms with Crippen LogP contribution >= 0.6 is 15.9 Å². The van der Waals surface area contributed by atoms with Crippen molar-refractivity contribution in [2.45, 2.75) is 6.92 Å². The van der Waals surface area contributed by atoms with E-state index in [2.05, 4.69) is 36.4 Å². The van der Waals surface area contributed by atoms with Crippen LogP contribution in [0.4, 0.5) is 11.5 Å². The quantitative estimate of drug-likeness (QED) is 0.735. The molecule has 0 saturated carbocycles. The number of hydrogen-bond donors (Lipinski definition) is 3. The van der Waals surface area contributed by atoms with Crippen LogP contribution in [0.2, 0.25) is 0 Å². The molecule has 6 nitrogen and oxygen atoms in total. The summed E-state index contributed by atoms with van der Waals surface area (Å²) >= 11 is 3.25. The minimum absolute atomic E-state index is 0.279. The normalized spacial score (nSPS) is 10.2. The zero-order chi connectivity index (χ0) is 12.4. The van der Waals surface area contributed by atoms with Gasteiger partial charge in [0.05, 0.1) is 11.4 Å². The molecule has 2 rings (SSSR count). The molecule has 0 fully saturated rings. The fraction of sp³-hybridized carbons (Fsp3) is 0.100. The van der Waals surface area contributed by atoms with Gasteiger partial charge >= 0.3 is 0 Å². The zero-order valence-corrected chi connectivity index (χ0v) is 10.6. The number of aromatic nitrogens is 3. The Hall–Kier alpha value is -1.89. The van der Waals surface area contributed by atoms with Crippen LogP contribution in [0.15, 0.2) is 22.8 Å². The molecule has 0 unspecified atom stereocenters. The van der Waals surface area contributed by atoms with Crippen LogP contribution in [0.3, 0.4) is 0 Å². The SMILES string of the molecule is Cc1nc(Br)ccc1NC(=O)c1cc(N)n[nH]1. The van der Waals surface area contributed by atoms with Gasteiger partial charge in [-0.1, -0.05) is 0 Å². The Bertz CT molecular complexity index is 566. The van der Waals surface area contributed by atoms with Gasteiger partial charge in [-0.2, -0.15) is 5.10 Å². The van der Waals surface area contributed by atoms with Crippen molar-refractivity contribution < 1.29 is 4.79 Å². The lowest BCUT2D eigenvalue weighted by Crippen LogP contribution is -2.13. The number of hydrogen-bond acceptors (Lipinski definition) is 4. The van der Waals surface area contributed by atoms with E-state index in [0.29, 0.717) is 11.4 Å². The Labute approximate surface area is 106 Å². The summed E-state index contributed by atoms with van der Waals surface area (Å²) in [5, 5.41) is 8.94. The number of aromatic amines is 1. The van der Waals surface area contributed by atoms with E-state index in [9.17, 15) is 4.79 Å². The molecule has 0 saturated heterocycles. The van der Waals surface area contributed by atoms with Crippen molar-refractivity contribution in [2.24, 2.45) is 0 Å². The van der Waals surface area contributed by atoms with Crippen LogP contribution in [0.25, 0.3) is 0 Å². The maximum atomic E-state index is 11.8. The summed E-state index contributed by atoms with van der Waals surface area (Å²) in [7, 11) is 0. The second kappa shape index (κ2) is 4.54. The van der Waals surface area contributed by atoms with Gasteiger partial charge in [0.2, 0.25) is 0 Å². The molecular formula is C10H10BrN5O. The van der Waals surface area contributed by atoms with Crippen LogP contribution in [0.1, 0.15) is 16.2 Å². The smallest absolute Gasteiger partial charge is 0.273 e. The van der Waals surface area contributed by atoms with Crippen LogP contribution < -0.4 is 11.1 Å². The first kappa shape index (κ1) is 11.6. The average Bonchev–Trinajstić information content (AvgIpc) is 2.69. The van der Waals surface area contributed by atoms with E-state index in [1.165, 1.54) is 6.07 Å². The summed E-state index contributed by atoms with van der Waals surface area (Å²) in [5.74, 6) is -0.0257. The number of aryl methyl sites for hydroxylation is 1. The van der Waals surface area contributed by atoms with Crippen molar-refractivity contribution >= 4 is 33.3 Å². The fourth-order valence-electron chi connectivity index (χ4n) is 1.31. The van der Waals surface area contributed by atoms with Gasteiger partial charge in [0.15, 0.2) is 0 Å². The third-order valence-corrected chi connectivity index (χ3v) is 2.58. The van der Waals surface area contributed by atoms with Crippen molar-refractivity contribution in [1.82, 2.24) is 15.2 Å². The van der Waals surface area contributed by atoms with Crippen molar-refractivity contribution in [3.8, 4) is 0 Å². The Kier molecular flexibility index (Phi) is 3.10. The number of rotatable bonds is 2. The summed E-state index contributed by atoms with van der Waals surface area (Å²) in [6.45, 7) is 1.81. The van der Waals surface area contributed by atoms with Crippen LogP contribution in [0.5, 0.6) is 0 Å². The highest BCUT2D eigenvalue weighted by atomic mass is 79.9. The molecule has 1 amide bonds. The monoisotopic (exact) mass is 295 g/mol. The van der Waals surface area contributed by atoms with Crippen molar-refractivity contribution in [1.29, 1.82) is 0 Å². The molecule has 0 atom stereocenters.